The maximum absolute atomic E-state index is 5.09. The maximum Gasteiger partial charge on any atom is 0.0596 e. The highest BCUT2D eigenvalue weighted by Gasteiger charge is 2.27. The summed E-state index contributed by atoms with van der Waals surface area (Å²) in [4.78, 5) is 7.57. The predicted molar refractivity (Wildman–Crippen MR) is 101 cm³/mol. The quantitative estimate of drug-likeness (QED) is 0.782. The van der Waals surface area contributed by atoms with Gasteiger partial charge in [0.1, 0.15) is 0 Å². The van der Waals surface area contributed by atoms with Gasteiger partial charge in [0, 0.05) is 18.7 Å². The third kappa shape index (κ3) is 3.32. The number of nitrogens with zero attached hydrogens (tertiary/aromatic N) is 2. The largest absolute Gasteiger partial charge is 0.303 e. The smallest absolute Gasteiger partial charge is 0.0596 e. The van der Waals surface area contributed by atoms with Crippen molar-refractivity contribution in [2.45, 2.75) is 46.1 Å². The van der Waals surface area contributed by atoms with Crippen molar-refractivity contribution in [1.82, 2.24) is 4.90 Å². The molecule has 0 saturated heterocycles. The van der Waals surface area contributed by atoms with E-state index in [1.807, 2.05) is 0 Å². The lowest BCUT2D eigenvalue weighted by atomic mass is 9.83. The van der Waals surface area contributed by atoms with Crippen molar-refractivity contribution in [3.05, 3.63) is 47.5 Å². The van der Waals surface area contributed by atoms with Crippen molar-refractivity contribution in [2.75, 3.05) is 19.6 Å². The number of fused-ring (bicyclic) bond motifs is 3. The molecule has 1 aliphatic heterocycles. The van der Waals surface area contributed by atoms with Gasteiger partial charge < -0.3 is 4.90 Å². The molecule has 0 N–H and O–H groups in total. The molecule has 122 valence electrons. The molecule has 2 heteroatoms. The minimum atomic E-state index is -0.00425. The molecular weight excluding hydrogens is 280 g/mol. The molecule has 0 aliphatic carbocycles. The van der Waals surface area contributed by atoms with Crippen LogP contribution in [-0.2, 0) is 6.42 Å². The summed E-state index contributed by atoms with van der Waals surface area (Å²) in [6.45, 7) is 12.3. The van der Waals surface area contributed by atoms with Crippen LogP contribution in [0.15, 0.2) is 41.4 Å². The van der Waals surface area contributed by atoms with Gasteiger partial charge in [-0.3, -0.25) is 4.99 Å². The number of hydrogen-bond donors (Lipinski definition) is 0. The fraction of sp³-hybridized carbons (Fsp3) is 0.476. The second kappa shape index (κ2) is 6.45. The third-order valence-electron chi connectivity index (χ3n) is 4.96. The fourth-order valence-corrected chi connectivity index (χ4v) is 3.69. The van der Waals surface area contributed by atoms with Gasteiger partial charge in [-0.05, 0) is 55.3 Å². The molecule has 0 unspecified atom stereocenters. The summed E-state index contributed by atoms with van der Waals surface area (Å²) < 4.78 is 0. The van der Waals surface area contributed by atoms with E-state index in [9.17, 15) is 0 Å². The molecule has 0 radical (unpaired) electrons. The zero-order chi connectivity index (χ0) is 16.4. The summed E-state index contributed by atoms with van der Waals surface area (Å²) >= 11 is 0. The summed E-state index contributed by atoms with van der Waals surface area (Å²) in [7, 11) is 0. The van der Waals surface area contributed by atoms with Crippen LogP contribution < -0.4 is 0 Å². The Morgan fingerprint density at radius 3 is 2.52 bits per heavy atom. The van der Waals surface area contributed by atoms with E-state index in [0.29, 0.717) is 0 Å². The molecule has 1 heterocycles. The van der Waals surface area contributed by atoms with E-state index in [1.54, 1.807) is 0 Å². The monoisotopic (exact) mass is 308 g/mol. The third-order valence-corrected chi connectivity index (χ3v) is 4.96. The molecule has 3 rings (SSSR count). The second-order valence-corrected chi connectivity index (χ2v) is 7.14. The number of hydrogen-bond acceptors (Lipinski definition) is 2. The predicted octanol–water partition coefficient (Wildman–Crippen LogP) is 4.70. The minimum Gasteiger partial charge on any atom is -0.303 e. The average Bonchev–Trinajstić information content (AvgIpc) is 2.54. The van der Waals surface area contributed by atoms with E-state index < -0.39 is 0 Å². The molecule has 0 bridgehead atoms. The van der Waals surface area contributed by atoms with Gasteiger partial charge >= 0.3 is 0 Å². The fourth-order valence-electron chi connectivity index (χ4n) is 3.69. The van der Waals surface area contributed by atoms with Gasteiger partial charge in [0.15, 0.2) is 0 Å². The van der Waals surface area contributed by atoms with Crippen LogP contribution in [0.3, 0.4) is 0 Å². The lowest BCUT2D eigenvalue weighted by molar-refractivity contribution is 0.312. The van der Waals surface area contributed by atoms with Crippen LogP contribution in [0.2, 0.25) is 0 Å². The van der Waals surface area contributed by atoms with E-state index >= 15 is 0 Å². The molecule has 1 aliphatic rings. The molecule has 0 spiro atoms. The van der Waals surface area contributed by atoms with Crippen molar-refractivity contribution in [3.8, 4) is 0 Å². The van der Waals surface area contributed by atoms with E-state index in [2.05, 4.69) is 69.0 Å². The Kier molecular flexibility index (Phi) is 4.54. The van der Waals surface area contributed by atoms with Crippen molar-refractivity contribution in [3.63, 3.8) is 0 Å². The van der Waals surface area contributed by atoms with Crippen LogP contribution in [0.5, 0.6) is 0 Å². The van der Waals surface area contributed by atoms with Gasteiger partial charge in [-0.15, -0.1) is 0 Å². The van der Waals surface area contributed by atoms with Gasteiger partial charge in [0.25, 0.3) is 0 Å². The van der Waals surface area contributed by atoms with Crippen molar-refractivity contribution >= 4 is 16.5 Å². The van der Waals surface area contributed by atoms with E-state index in [0.717, 1.165) is 32.5 Å². The SMILES string of the molecule is CCN(CC)CCC1=NC(C)(C)Cc2c1ccc1ccccc21. The first kappa shape index (κ1) is 16.2. The average molecular weight is 308 g/mol. The highest BCUT2D eigenvalue weighted by molar-refractivity contribution is 6.07. The molecule has 23 heavy (non-hydrogen) atoms. The molecule has 2 aromatic carbocycles. The number of rotatable bonds is 5. The standard InChI is InChI=1S/C21H28N2/c1-5-23(6-2)14-13-20-18-12-11-16-9-7-8-10-17(16)19(18)15-21(3,4)22-20/h7-12H,5-6,13-15H2,1-4H3. The minimum absolute atomic E-state index is 0.00425. The van der Waals surface area contributed by atoms with E-state index in [4.69, 9.17) is 4.99 Å². The summed E-state index contributed by atoms with van der Waals surface area (Å²) in [6.07, 6.45) is 2.06. The van der Waals surface area contributed by atoms with Crippen molar-refractivity contribution in [2.24, 2.45) is 4.99 Å². The Balaban J connectivity index is 2.00. The van der Waals surface area contributed by atoms with Gasteiger partial charge in [-0.2, -0.15) is 0 Å². The van der Waals surface area contributed by atoms with Crippen LogP contribution in [0.4, 0.5) is 0 Å². The first-order valence-electron chi connectivity index (χ1n) is 8.86. The summed E-state index contributed by atoms with van der Waals surface area (Å²) in [5.74, 6) is 0. The molecule has 0 aromatic heterocycles. The topological polar surface area (TPSA) is 15.6 Å². The Hall–Kier alpha value is -1.67. The Morgan fingerprint density at radius 2 is 1.78 bits per heavy atom. The van der Waals surface area contributed by atoms with Crippen molar-refractivity contribution in [1.29, 1.82) is 0 Å². The highest BCUT2D eigenvalue weighted by atomic mass is 15.1. The highest BCUT2D eigenvalue weighted by Crippen LogP contribution is 2.33. The van der Waals surface area contributed by atoms with E-state index in [-0.39, 0.29) is 5.54 Å². The Morgan fingerprint density at radius 1 is 1.04 bits per heavy atom. The lowest BCUT2D eigenvalue weighted by Gasteiger charge is -2.31. The summed E-state index contributed by atoms with van der Waals surface area (Å²) in [6, 6.07) is 13.3. The van der Waals surface area contributed by atoms with Crippen LogP contribution >= 0.6 is 0 Å². The molecule has 0 amide bonds. The van der Waals surface area contributed by atoms with Crippen molar-refractivity contribution < 1.29 is 0 Å². The Bertz CT molecular complexity index is 724. The number of aliphatic imine (C=N–C) groups is 1. The summed E-state index contributed by atoms with van der Waals surface area (Å²) in [5, 5.41) is 2.74. The van der Waals surface area contributed by atoms with Crippen LogP contribution in [-0.4, -0.2) is 35.8 Å². The molecule has 0 atom stereocenters. The van der Waals surface area contributed by atoms with Gasteiger partial charge in [-0.1, -0.05) is 50.2 Å². The van der Waals surface area contributed by atoms with Crippen LogP contribution in [0, 0.1) is 0 Å². The first-order chi connectivity index (χ1) is 11.0. The molecule has 2 nitrogen and oxygen atoms in total. The molecule has 0 fully saturated rings. The van der Waals surface area contributed by atoms with Crippen LogP contribution in [0.1, 0.15) is 45.2 Å². The lowest BCUT2D eigenvalue weighted by Crippen LogP contribution is -2.32. The zero-order valence-corrected chi connectivity index (χ0v) is 14.9. The molecular formula is C21H28N2. The second-order valence-electron chi connectivity index (χ2n) is 7.14. The van der Waals surface area contributed by atoms with E-state index in [1.165, 1.54) is 27.6 Å². The first-order valence-corrected chi connectivity index (χ1v) is 8.86. The van der Waals surface area contributed by atoms with Gasteiger partial charge in [-0.25, -0.2) is 0 Å². The summed E-state index contributed by atoms with van der Waals surface area (Å²) in [5.41, 5.74) is 4.14. The van der Waals surface area contributed by atoms with Gasteiger partial charge in [0.05, 0.1) is 5.54 Å². The zero-order valence-electron chi connectivity index (χ0n) is 14.9. The Labute approximate surface area is 140 Å². The maximum atomic E-state index is 5.09. The molecule has 2 aromatic rings. The molecule has 0 saturated carbocycles. The normalized spacial score (nSPS) is 16.5. The van der Waals surface area contributed by atoms with Gasteiger partial charge in [0.2, 0.25) is 0 Å². The van der Waals surface area contributed by atoms with Crippen LogP contribution in [0.25, 0.3) is 10.8 Å². The number of benzene rings is 2.